The molecule has 1 atom stereocenters. The zero-order valence-electron chi connectivity index (χ0n) is 11.4. The fourth-order valence-electron chi connectivity index (χ4n) is 2.40. The van der Waals surface area contributed by atoms with Gasteiger partial charge in [-0.25, -0.2) is 0 Å². The first-order chi connectivity index (χ1) is 9.28. The smallest absolute Gasteiger partial charge is 0.220 e. The molecule has 1 aromatic rings. The molecule has 1 heterocycles. The van der Waals surface area contributed by atoms with Crippen molar-refractivity contribution in [1.82, 2.24) is 10.6 Å². The molecule has 0 aromatic heterocycles. The number of ether oxygens (including phenoxy) is 1. The summed E-state index contributed by atoms with van der Waals surface area (Å²) in [5, 5.41) is 6.27. The predicted molar refractivity (Wildman–Crippen MR) is 75.3 cm³/mol. The van der Waals surface area contributed by atoms with Crippen LogP contribution >= 0.6 is 0 Å². The van der Waals surface area contributed by atoms with Gasteiger partial charge in [0.1, 0.15) is 5.75 Å². The van der Waals surface area contributed by atoms with E-state index in [-0.39, 0.29) is 5.91 Å². The lowest BCUT2D eigenvalue weighted by Crippen LogP contribution is -2.28. The monoisotopic (exact) mass is 262 g/mol. The minimum atomic E-state index is 0.164. The Balaban J connectivity index is 1.68. The second-order valence-electron chi connectivity index (χ2n) is 5.01. The van der Waals surface area contributed by atoms with Crippen LogP contribution in [0.2, 0.25) is 0 Å². The molecule has 2 rings (SSSR count). The van der Waals surface area contributed by atoms with Crippen molar-refractivity contribution in [3.63, 3.8) is 0 Å². The Morgan fingerprint density at radius 1 is 1.53 bits per heavy atom. The van der Waals surface area contributed by atoms with Crippen LogP contribution in [0.1, 0.15) is 18.4 Å². The molecule has 2 N–H and O–H groups in total. The maximum atomic E-state index is 11.7. The zero-order valence-corrected chi connectivity index (χ0v) is 11.4. The Hall–Kier alpha value is -1.55. The van der Waals surface area contributed by atoms with E-state index in [0.29, 0.717) is 18.9 Å². The summed E-state index contributed by atoms with van der Waals surface area (Å²) in [4.78, 5) is 11.7. The molecule has 4 heteroatoms. The fourth-order valence-corrected chi connectivity index (χ4v) is 2.40. The van der Waals surface area contributed by atoms with E-state index < -0.39 is 0 Å². The Bertz CT molecular complexity index is 414. The van der Waals surface area contributed by atoms with Crippen LogP contribution in [0.15, 0.2) is 24.3 Å². The van der Waals surface area contributed by atoms with E-state index >= 15 is 0 Å². The van der Waals surface area contributed by atoms with Gasteiger partial charge in [0.05, 0.1) is 7.11 Å². The third-order valence-corrected chi connectivity index (χ3v) is 3.51. The van der Waals surface area contributed by atoms with Gasteiger partial charge in [0.15, 0.2) is 0 Å². The number of nitrogens with one attached hydrogen (secondary N) is 2. The molecular formula is C15H22N2O2. The predicted octanol–water partition coefficient (Wildman–Crippen LogP) is 1.35. The van der Waals surface area contributed by atoms with Crippen molar-refractivity contribution in [1.29, 1.82) is 0 Å². The molecule has 4 nitrogen and oxygen atoms in total. The van der Waals surface area contributed by atoms with Crippen LogP contribution in [0.5, 0.6) is 5.75 Å². The molecule has 19 heavy (non-hydrogen) atoms. The molecule has 1 aliphatic rings. The van der Waals surface area contributed by atoms with E-state index in [4.69, 9.17) is 4.74 Å². The van der Waals surface area contributed by atoms with Crippen LogP contribution < -0.4 is 15.4 Å². The lowest BCUT2D eigenvalue weighted by atomic mass is 10.0. The second kappa shape index (κ2) is 7.14. The van der Waals surface area contributed by atoms with Gasteiger partial charge >= 0.3 is 0 Å². The van der Waals surface area contributed by atoms with Crippen LogP contribution in [0.25, 0.3) is 0 Å². The highest BCUT2D eigenvalue weighted by Crippen LogP contribution is 2.13. The van der Waals surface area contributed by atoms with Crippen molar-refractivity contribution in [3.05, 3.63) is 29.8 Å². The summed E-state index contributed by atoms with van der Waals surface area (Å²) in [7, 11) is 1.66. The normalized spacial score (nSPS) is 18.3. The number of carbonyl (C=O) groups excluding carboxylic acids is 1. The molecule has 1 aromatic carbocycles. The SMILES string of the molecule is COc1cccc(CCNC(=O)CC2CCNC2)c1. The van der Waals surface area contributed by atoms with Gasteiger partial charge < -0.3 is 15.4 Å². The van der Waals surface area contributed by atoms with Gasteiger partial charge in [0.25, 0.3) is 0 Å². The van der Waals surface area contributed by atoms with Crippen molar-refractivity contribution in [2.24, 2.45) is 5.92 Å². The summed E-state index contributed by atoms with van der Waals surface area (Å²) < 4.78 is 5.18. The van der Waals surface area contributed by atoms with Crippen molar-refractivity contribution in [3.8, 4) is 5.75 Å². The van der Waals surface area contributed by atoms with Crippen LogP contribution in [0.4, 0.5) is 0 Å². The molecule has 1 amide bonds. The summed E-state index contributed by atoms with van der Waals surface area (Å²) in [6.07, 6.45) is 2.60. The van der Waals surface area contributed by atoms with E-state index in [1.54, 1.807) is 7.11 Å². The van der Waals surface area contributed by atoms with Gasteiger partial charge in [-0.05, 0) is 49.5 Å². The van der Waals surface area contributed by atoms with E-state index in [1.165, 1.54) is 5.56 Å². The minimum absolute atomic E-state index is 0.164. The molecule has 1 fully saturated rings. The first-order valence-corrected chi connectivity index (χ1v) is 6.88. The van der Waals surface area contributed by atoms with Gasteiger partial charge in [-0.3, -0.25) is 4.79 Å². The Kier molecular flexibility index (Phi) is 5.21. The van der Waals surface area contributed by atoms with Gasteiger partial charge in [-0.15, -0.1) is 0 Å². The number of carbonyl (C=O) groups is 1. The molecule has 1 unspecified atom stereocenters. The maximum absolute atomic E-state index is 11.7. The maximum Gasteiger partial charge on any atom is 0.220 e. The number of methoxy groups -OCH3 is 1. The van der Waals surface area contributed by atoms with E-state index in [1.807, 2.05) is 18.2 Å². The Morgan fingerprint density at radius 2 is 2.42 bits per heavy atom. The van der Waals surface area contributed by atoms with Crippen LogP contribution in [-0.2, 0) is 11.2 Å². The first-order valence-electron chi connectivity index (χ1n) is 6.88. The highest BCUT2D eigenvalue weighted by atomic mass is 16.5. The van der Waals surface area contributed by atoms with E-state index in [9.17, 15) is 4.79 Å². The summed E-state index contributed by atoms with van der Waals surface area (Å²) in [6.45, 7) is 2.71. The summed E-state index contributed by atoms with van der Waals surface area (Å²) in [5.74, 6) is 1.54. The largest absolute Gasteiger partial charge is 0.497 e. The van der Waals surface area contributed by atoms with Crippen molar-refractivity contribution in [2.75, 3.05) is 26.7 Å². The van der Waals surface area contributed by atoms with Crippen molar-refractivity contribution < 1.29 is 9.53 Å². The molecule has 0 bridgehead atoms. The Labute approximate surface area is 114 Å². The first kappa shape index (κ1) is 13.9. The minimum Gasteiger partial charge on any atom is -0.497 e. The zero-order chi connectivity index (χ0) is 13.5. The highest BCUT2D eigenvalue weighted by Gasteiger charge is 2.17. The van der Waals surface area contributed by atoms with E-state index in [0.717, 1.165) is 31.7 Å². The molecule has 0 saturated carbocycles. The summed E-state index contributed by atoms with van der Waals surface area (Å²) in [6, 6.07) is 7.96. The summed E-state index contributed by atoms with van der Waals surface area (Å²) in [5.41, 5.74) is 1.18. The van der Waals surface area contributed by atoms with Crippen LogP contribution in [0.3, 0.4) is 0 Å². The van der Waals surface area contributed by atoms with Gasteiger partial charge in [-0.1, -0.05) is 12.1 Å². The highest BCUT2D eigenvalue weighted by molar-refractivity contribution is 5.76. The molecule has 104 valence electrons. The Morgan fingerprint density at radius 3 is 3.16 bits per heavy atom. The lowest BCUT2D eigenvalue weighted by molar-refractivity contribution is -0.121. The number of hydrogen-bond acceptors (Lipinski definition) is 3. The van der Waals surface area contributed by atoms with Crippen molar-refractivity contribution >= 4 is 5.91 Å². The van der Waals surface area contributed by atoms with Gasteiger partial charge in [-0.2, -0.15) is 0 Å². The van der Waals surface area contributed by atoms with Crippen LogP contribution in [0, 0.1) is 5.92 Å². The number of rotatable bonds is 6. The molecular weight excluding hydrogens is 240 g/mol. The van der Waals surface area contributed by atoms with Gasteiger partial charge in [0, 0.05) is 13.0 Å². The molecule has 1 aliphatic heterocycles. The summed E-state index contributed by atoms with van der Waals surface area (Å²) >= 11 is 0. The standard InChI is InChI=1S/C15H22N2O2/c1-19-14-4-2-3-12(9-14)6-8-17-15(18)10-13-5-7-16-11-13/h2-4,9,13,16H,5-8,10-11H2,1H3,(H,17,18). The van der Waals surface area contributed by atoms with Gasteiger partial charge in [0.2, 0.25) is 5.91 Å². The molecule has 0 spiro atoms. The number of benzene rings is 1. The third kappa shape index (κ3) is 4.56. The second-order valence-corrected chi connectivity index (χ2v) is 5.01. The quantitative estimate of drug-likeness (QED) is 0.813. The molecule has 0 aliphatic carbocycles. The molecule has 0 radical (unpaired) electrons. The molecule has 1 saturated heterocycles. The van der Waals surface area contributed by atoms with E-state index in [2.05, 4.69) is 16.7 Å². The average Bonchev–Trinajstić information content (AvgIpc) is 2.92. The average molecular weight is 262 g/mol. The van der Waals surface area contributed by atoms with Crippen molar-refractivity contribution in [2.45, 2.75) is 19.3 Å². The lowest BCUT2D eigenvalue weighted by Gasteiger charge is -2.09. The van der Waals surface area contributed by atoms with Crippen LogP contribution in [-0.4, -0.2) is 32.7 Å². The number of hydrogen-bond donors (Lipinski definition) is 2. The third-order valence-electron chi connectivity index (χ3n) is 3.51. The number of amides is 1. The fraction of sp³-hybridized carbons (Fsp3) is 0.533. The topological polar surface area (TPSA) is 50.4 Å².